The van der Waals surface area contributed by atoms with Gasteiger partial charge in [-0.1, -0.05) is 0 Å². The van der Waals surface area contributed by atoms with Crippen molar-refractivity contribution in [3.63, 3.8) is 0 Å². The third-order valence-electron chi connectivity index (χ3n) is 2.12. The zero-order valence-corrected chi connectivity index (χ0v) is 8.35. The number of fused-ring (bicyclic) bond motifs is 1. The van der Waals surface area contributed by atoms with E-state index in [0.717, 1.165) is 0 Å². The number of carboxylic acids is 1. The van der Waals surface area contributed by atoms with Crippen LogP contribution in [0.3, 0.4) is 0 Å². The van der Waals surface area contributed by atoms with E-state index in [1.807, 2.05) is 0 Å². The minimum atomic E-state index is -1.27. The fourth-order valence-electron chi connectivity index (χ4n) is 1.35. The average molecular weight is 220 g/mol. The van der Waals surface area contributed by atoms with Crippen molar-refractivity contribution in [2.45, 2.75) is 0 Å². The molecule has 0 unspecified atom stereocenters. The zero-order valence-electron chi connectivity index (χ0n) is 8.35. The van der Waals surface area contributed by atoms with Gasteiger partial charge in [-0.05, 0) is 18.2 Å². The third-order valence-corrected chi connectivity index (χ3v) is 2.12. The summed E-state index contributed by atoms with van der Waals surface area (Å²) in [5, 5.41) is 9.01. The number of benzene rings is 1. The first-order chi connectivity index (χ1) is 7.61. The topological polar surface area (TPSA) is 92.3 Å². The van der Waals surface area contributed by atoms with E-state index in [9.17, 15) is 9.59 Å². The van der Waals surface area contributed by atoms with Gasteiger partial charge < -0.3 is 14.8 Å². The molecule has 1 aromatic heterocycles. The van der Waals surface area contributed by atoms with Crippen molar-refractivity contribution in [2.24, 2.45) is 0 Å². The molecule has 0 radical (unpaired) electrons. The molecule has 0 aliphatic heterocycles. The molecule has 2 aromatic rings. The number of ether oxygens (including phenoxy) is 1. The first-order valence-corrected chi connectivity index (χ1v) is 4.43. The first-order valence-electron chi connectivity index (χ1n) is 4.43. The summed E-state index contributed by atoms with van der Waals surface area (Å²) >= 11 is 0. The molecule has 6 nitrogen and oxygen atoms in total. The fraction of sp³-hybridized carbons (Fsp3) is 0.100. The number of carboxylic acid groups (broad SMARTS) is 1. The highest BCUT2D eigenvalue weighted by Crippen LogP contribution is 2.15. The molecular formula is C10H8N2O4. The van der Waals surface area contributed by atoms with Gasteiger partial charge in [-0.2, -0.15) is 0 Å². The van der Waals surface area contributed by atoms with Gasteiger partial charge in [0.05, 0.1) is 18.0 Å². The highest BCUT2D eigenvalue weighted by molar-refractivity contribution is 5.87. The molecule has 16 heavy (non-hydrogen) atoms. The van der Waals surface area contributed by atoms with Crippen molar-refractivity contribution < 1.29 is 14.6 Å². The van der Waals surface area contributed by atoms with Crippen LogP contribution in [0.2, 0.25) is 0 Å². The maximum atomic E-state index is 11.6. The second-order valence-electron chi connectivity index (χ2n) is 3.10. The molecule has 1 heterocycles. The Hall–Kier alpha value is -2.37. The molecule has 0 amide bonds. The summed E-state index contributed by atoms with van der Waals surface area (Å²) in [5.41, 5.74) is -0.178. The highest BCUT2D eigenvalue weighted by atomic mass is 16.5. The molecule has 6 heteroatoms. The Morgan fingerprint density at radius 2 is 2.25 bits per heavy atom. The normalized spacial score (nSPS) is 10.3. The first kappa shape index (κ1) is 10.2. The standard InChI is InChI=1S/C10H8N2O4/c1-16-5-2-3-7-6(4-5)9(13)12-8(11-7)10(14)15/h2-4H,1H3,(H,14,15)(H,11,12,13). The largest absolute Gasteiger partial charge is 0.497 e. The maximum Gasteiger partial charge on any atom is 0.372 e. The minimum absolute atomic E-state index is 0.296. The number of H-pyrrole nitrogens is 1. The number of carbonyl (C=O) groups is 1. The summed E-state index contributed by atoms with van der Waals surface area (Å²) in [4.78, 5) is 28.2. The van der Waals surface area contributed by atoms with Crippen molar-refractivity contribution in [3.05, 3.63) is 34.4 Å². The Morgan fingerprint density at radius 1 is 1.50 bits per heavy atom. The van der Waals surface area contributed by atoms with Crippen molar-refractivity contribution >= 4 is 16.9 Å². The molecule has 82 valence electrons. The van der Waals surface area contributed by atoms with E-state index in [1.165, 1.54) is 19.2 Å². The Balaban J connectivity index is 2.76. The summed E-state index contributed by atoms with van der Waals surface area (Å²) in [6.45, 7) is 0. The monoisotopic (exact) mass is 220 g/mol. The van der Waals surface area contributed by atoms with Crippen molar-refractivity contribution in [1.29, 1.82) is 0 Å². The predicted molar refractivity (Wildman–Crippen MR) is 55.9 cm³/mol. The van der Waals surface area contributed by atoms with Crippen LogP contribution in [0.5, 0.6) is 5.75 Å². The van der Waals surface area contributed by atoms with Crippen LogP contribution < -0.4 is 10.3 Å². The average Bonchev–Trinajstić information content (AvgIpc) is 2.28. The lowest BCUT2D eigenvalue weighted by molar-refractivity contribution is 0.0683. The zero-order chi connectivity index (χ0) is 11.7. The number of nitrogens with one attached hydrogen (secondary N) is 1. The molecule has 0 bridgehead atoms. The second-order valence-corrected chi connectivity index (χ2v) is 3.10. The second kappa shape index (κ2) is 3.65. The van der Waals surface area contributed by atoms with Gasteiger partial charge in [0, 0.05) is 0 Å². The number of methoxy groups -OCH3 is 1. The van der Waals surface area contributed by atoms with Gasteiger partial charge in [-0.15, -0.1) is 0 Å². The van der Waals surface area contributed by atoms with E-state index in [1.54, 1.807) is 6.07 Å². The van der Waals surface area contributed by atoms with E-state index in [2.05, 4.69) is 9.97 Å². The predicted octanol–water partition coefficient (Wildman–Crippen LogP) is 0.630. The number of aromatic nitrogens is 2. The lowest BCUT2D eigenvalue weighted by Crippen LogP contribution is -2.15. The molecule has 1 aromatic carbocycles. The summed E-state index contributed by atoms with van der Waals surface area (Å²) in [6, 6.07) is 4.66. The van der Waals surface area contributed by atoms with Crippen LogP contribution in [-0.2, 0) is 0 Å². The molecular weight excluding hydrogens is 212 g/mol. The van der Waals surface area contributed by atoms with E-state index < -0.39 is 11.5 Å². The summed E-state index contributed by atoms with van der Waals surface area (Å²) in [6.07, 6.45) is 0. The molecule has 0 atom stereocenters. The number of aromatic amines is 1. The van der Waals surface area contributed by atoms with Crippen LogP contribution in [0.25, 0.3) is 10.9 Å². The van der Waals surface area contributed by atoms with Gasteiger partial charge in [0.2, 0.25) is 5.82 Å². The smallest absolute Gasteiger partial charge is 0.372 e. The summed E-state index contributed by atoms with van der Waals surface area (Å²) < 4.78 is 4.96. The summed E-state index contributed by atoms with van der Waals surface area (Å²) in [7, 11) is 1.48. The number of hydrogen-bond acceptors (Lipinski definition) is 4. The lowest BCUT2D eigenvalue weighted by atomic mass is 10.2. The Morgan fingerprint density at radius 3 is 2.88 bits per heavy atom. The Bertz CT molecular complexity index is 618. The van der Waals surface area contributed by atoms with Crippen LogP contribution in [-0.4, -0.2) is 28.2 Å². The molecule has 2 N–H and O–H groups in total. The molecule has 0 saturated carbocycles. The van der Waals surface area contributed by atoms with Crippen LogP contribution in [0, 0.1) is 0 Å². The van der Waals surface area contributed by atoms with Crippen LogP contribution >= 0.6 is 0 Å². The van der Waals surface area contributed by atoms with E-state index in [0.29, 0.717) is 16.7 Å². The quantitative estimate of drug-likeness (QED) is 0.774. The van der Waals surface area contributed by atoms with Crippen molar-refractivity contribution in [3.8, 4) is 5.75 Å². The van der Waals surface area contributed by atoms with Crippen molar-refractivity contribution in [1.82, 2.24) is 9.97 Å². The SMILES string of the molecule is COc1ccc2nc(C(=O)O)[nH]c(=O)c2c1. The number of rotatable bonds is 2. The van der Waals surface area contributed by atoms with E-state index >= 15 is 0 Å². The van der Waals surface area contributed by atoms with Gasteiger partial charge in [0.25, 0.3) is 5.56 Å². The van der Waals surface area contributed by atoms with Gasteiger partial charge in [-0.25, -0.2) is 9.78 Å². The van der Waals surface area contributed by atoms with E-state index in [4.69, 9.17) is 9.84 Å². The summed E-state index contributed by atoms with van der Waals surface area (Å²) in [5.74, 6) is -1.12. The van der Waals surface area contributed by atoms with Gasteiger partial charge in [-0.3, -0.25) is 4.79 Å². The maximum absolute atomic E-state index is 11.6. The number of nitrogens with zero attached hydrogens (tertiary/aromatic N) is 1. The lowest BCUT2D eigenvalue weighted by Gasteiger charge is -2.01. The third kappa shape index (κ3) is 1.60. The van der Waals surface area contributed by atoms with Gasteiger partial charge in [0.15, 0.2) is 0 Å². The van der Waals surface area contributed by atoms with Gasteiger partial charge >= 0.3 is 5.97 Å². The number of aromatic carboxylic acids is 1. The van der Waals surface area contributed by atoms with Crippen molar-refractivity contribution in [2.75, 3.05) is 7.11 Å². The molecule has 0 fully saturated rings. The molecule has 2 rings (SSSR count). The fourth-order valence-corrected chi connectivity index (χ4v) is 1.35. The molecule has 0 aliphatic carbocycles. The van der Waals surface area contributed by atoms with Crippen LogP contribution in [0.4, 0.5) is 0 Å². The minimum Gasteiger partial charge on any atom is -0.497 e. The molecule has 0 spiro atoms. The Labute approximate surface area is 89.5 Å². The van der Waals surface area contributed by atoms with Crippen LogP contribution in [0.1, 0.15) is 10.6 Å². The molecule has 0 saturated heterocycles. The Kier molecular flexibility index (Phi) is 2.32. The van der Waals surface area contributed by atoms with Crippen LogP contribution in [0.15, 0.2) is 23.0 Å². The molecule has 0 aliphatic rings. The van der Waals surface area contributed by atoms with E-state index in [-0.39, 0.29) is 5.82 Å². The van der Waals surface area contributed by atoms with Gasteiger partial charge in [0.1, 0.15) is 5.75 Å². The number of hydrogen-bond donors (Lipinski definition) is 2. The highest BCUT2D eigenvalue weighted by Gasteiger charge is 2.09.